The first-order valence-corrected chi connectivity index (χ1v) is 7.75. The largest absolute Gasteiger partial charge is 0.480 e. The Balaban J connectivity index is 2.36. The first-order chi connectivity index (χ1) is 11.4. The van der Waals surface area contributed by atoms with Crippen LogP contribution in [0.4, 0.5) is 24.8 Å². The molecule has 0 aliphatic carbocycles. The van der Waals surface area contributed by atoms with Crippen LogP contribution in [0.25, 0.3) is 0 Å². The molecule has 1 heterocycles. The average Bonchev–Trinajstić information content (AvgIpc) is 2.56. The number of rotatable bonds is 6. The first kappa shape index (κ1) is 18.0. The Morgan fingerprint density at radius 1 is 1.12 bits per heavy atom. The molecule has 0 atom stereocenters. The van der Waals surface area contributed by atoms with Crippen LogP contribution in [0, 0.1) is 0 Å². The third-order valence-electron chi connectivity index (χ3n) is 3.58. The van der Waals surface area contributed by atoms with Crippen molar-refractivity contribution in [3.63, 3.8) is 0 Å². The molecule has 0 amide bonds. The van der Waals surface area contributed by atoms with Crippen molar-refractivity contribution in [2.24, 2.45) is 0 Å². The number of aromatic nitrogens is 2. The Kier molecular flexibility index (Phi) is 5.64. The van der Waals surface area contributed by atoms with Crippen LogP contribution in [0.15, 0.2) is 30.5 Å². The van der Waals surface area contributed by atoms with Gasteiger partial charge in [-0.3, -0.25) is 0 Å². The molecule has 130 valence electrons. The second kappa shape index (κ2) is 7.51. The molecule has 0 aliphatic rings. The van der Waals surface area contributed by atoms with Gasteiger partial charge in [0.05, 0.1) is 7.11 Å². The van der Waals surface area contributed by atoms with Crippen LogP contribution in [-0.2, 0) is 12.6 Å². The second-order valence-electron chi connectivity index (χ2n) is 5.25. The van der Waals surface area contributed by atoms with Crippen LogP contribution < -0.4 is 9.64 Å². The third kappa shape index (κ3) is 3.96. The fraction of sp³-hybridized carbons (Fsp3) is 0.412. The standard InChI is InChI=1S/C17H20F3N3O/c1-4-6-12-7-9-13(10-8-12)23(5-2)16-21-11-14(17(18,19)20)15(22-16)24-3/h7-11H,4-6H2,1-3H3. The van der Waals surface area contributed by atoms with E-state index in [0.717, 1.165) is 31.8 Å². The maximum Gasteiger partial charge on any atom is 0.423 e. The molecule has 1 aromatic heterocycles. The molecule has 0 saturated heterocycles. The Labute approximate surface area is 139 Å². The Bertz CT molecular complexity index is 672. The van der Waals surface area contributed by atoms with Crippen molar-refractivity contribution >= 4 is 11.6 Å². The second-order valence-corrected chi connectivity index (χ2v) is 5.25. The van der Waals surface area contributed by atoms with Gasteiger partial charge >= 0.3 is 6.18 Å². The number of alkyl halides is 3. The molecule has 0 fully saturated rings. The Hall–Kier alpha value is -2.31. The number of hydrogen-bond acceptors (Lipinski definition) is 4. The number of ether oxygens (including phenoxy) is 1. The predicted octanol–water partition coefficient (Wildman–Crippen LogP) is 4.61. The summed E-state index contributed by atoms with van der Waals surface area (Å²) in [6.07, 6.45) is -1.76. The SMILES string of the molecule is CCCc1ccc(N(CC)c2ncc(C(F)(F)F)c(OC)n2)cc1. The highest BCUT2D eigenvalue weighted by atomic mass is 19.4. The Morgan fingerprint density at radius 2 is 1.79 bits per heavy atom. The molecule has 0 unspecified atom stereocenters. The van der Waals surface area contributed by atoms with E-state index < -0.39 is 17.6 Å². The number of hydrogen-bond donors (Lipinski definition) is 0. The molecule has 0 N–H and O–H groups in total. The minimum atomic E-state index is -4.55. The van der Waals surface area contributed by atoms with Gasteiger partial charge in [-0.25, -0.2) is 4.98 Å². The minimum Gasteiger partial charge on any atom is -0.480 e. The molecule has 0 bridgehead atoms. The molecular formula is C17H20F3N3O. The number of halogens is 3. The highest BCUT2D eigenvalue weighted by Gasteiger charge is 2.36. The molecule has 4 nitrogen and oxygen atoms in total. The van der Waals surface area contributed by atoms with E-state index in [2.05, 4.69) is 16.9 Å². The topological polar surface area (TPSA) is 38.2 Å². The first-order valence-electron chi connectivity index (χ1n) is 7.75. The van der Waals surface area contributed by atoms with Gasteiger partial charge in [0.1, 0.15) is 5.56 Å². The van der Waals surface area contributed by atoms with Crippen LogP contribution in [0.2, 0.25) is 0 Å². The number of aryl methyl sites for hydroxylation is 1. The number of benzene rings is 1. The van der Waals surface area contributed by atoms with Crippen LogP contribution in [0.1, 0.15) is 31.4 Å². The van der Waals surface area contributed by atoms with E-state index in [9.17, 15) is 13.2 Å². The average molecular weight is 339 g/mol. The molecule has 2 aromatic rings. The van der Waals surface area contributed by atoms with Crippen molar-refractivity contribution in [2.75, 3.05) is 18.6 Å². The van der Waals surface area contributed by atoms with E-state index in [1.54, 1.807) is 4.90 Å². The van der Waals surface area contributed by atoms with Crippen LogP contribution in [-0.4, -0.2) is 23.6 Å². The van der Waals surface area contributed by atoms with Crippen molar-refractivity contribution < 1.29 is 17.9 Å². The highest BCUT2D eigenvalue weighted by Crippen LogP contribution is 2.36. The molecule has 2 rings (SSSR count). The summed E-state index contributed by atoms with van der Waals surface area (Å²) in [5, 5.41) is 0. The van der Waals surface area contributed by atoms with Crippen molar-refractivity contribution in [3.05, 3.63) is 41.6 Å². The van der Waals surface area contributed by atoms with E-state index >= 15 is 0 Å². The van der Waals surface area contributed by atoms with Gasteiger partial charge in [0.15, 0.2) is 0 Å². The predicted molar refractivity (Wildman–Crippen MR) is 86.7 cm³/mol. The fourth-order valence-corrected chi connectivity index (χ4v) is 2.41. The van der Waals surface area contributed by atoms with Gasteiger partial charge in [-0.2, -0.15) is 18.2 Å². The number of methoxy groups -OCH3 is 1. The van der Waals surface area contributed by atoms with Crippen molar-refractivity contribution in [2.45, 2.75) is 32.9 Å². The summed E-state index contributed by atoms with van der Waals surface area (Å²) in [5.74, 6) is -0.306. The van der Waals surface area contributed by atoms with Gasteiger partial charge in [0.25, 0.3) is 0 Å². The molecule has 0 aliphatic heterocycles. The molecule has 24 heavy (non-hydrogen) atoms. The zero-order valence-electron chi connectivity index (χ0n) is 13.9. The van der Waals surface area contributed by atoms with Gasteiger partial charge < -0.3 is 9.64 Å². The summed E-state index contributed by atoms with van der Waals surface area (Å²) >= 11 is 0. The summed E-state index contributed by atoms with van der Waals surface area (Å²) in [4.78, 5) is 9.55. The van der Waals surface area contributed by atoms with Gasteiger partial charge in [-0.1, -0.05) is 25.5 Å². The number of anilines is 2. The summed E-state index contributed by atoms with van der Waals surface area (Å²) in [5.41, 5.74) is 1.05. The zero-order valence-corrected chi connectivity index (χ0v) is 13.9. The summed E-state index contributed by atoms with van der Waals surface area (Å²) < 4.78 is 43.5. The molecule has 7 heteroatoms. The fourth-order valence-electron chi connectivity index (χ4n) is 2.41. The summed E-state index contributed by atoms with van der Waals surface area (Å²) in [6, 6.07) is 7.84. The van der Waals surface area contributed by atoms with Gasteiger partial charge in [0.2, 0.25) is 11.8 Å². The van der Waals surface area contributed by atoms with Gasteiger partial charge in [-0.15, -0.1) is 0 Å². The lowest BCUT2D eigenvalue weighted by molar-refractivity contribution is -0.139. The van der Waals surface area contributed by atoms with Crippen LogP contribution >= 0.6 is 0 Å². The van der Waals surface area contributed by atoms with Crippen molar-refractivity contribution in [1.29, 1.82) is 0 Å². The molecule has 0 saturated carbocycles. The van der Waals surface area contributed by atoms with E-state index in [0.29, 0.717) is 6.54 Å². The zero-order chi connectivity index (χ0) is 17.7. The lowest BCUT2D eigenvalue weighted by atomic mass is 10.1. The molecule has 0 radical (unpaired) electrons. The maximum absolute atomic E-state index is 12.9. The van der Waals surface area contributed by atoms with Crippen molar-refractivity contribution in [3.8, 4) is 5.88 Å². The van der Waals surface area contributed by atoms with E-state index in [1.807, 2.05) is 31.2 Å². The van der Waals surface area contributed by atoms with Crippen LogP contribution in [0.3, 0.4) is 0 Å². The number of nitrogens with zero attached hydrogens (tertiary/aromatic N) is 3. The lowest BCUT2D eigenvalue weighted by Crippen LogP contribution is -2.20. The monoisotopic (exact) mass is 339 g/mol. The Morgan fingerprint density at radius 3 is 2.29 bits per heavy atom. The quantitative estimate of drug-likeness (QED) is 0.770. The maximum atomic E-state index is 12.9. The lowest BCUT2D eigenvalue weighted by Gasteiger charge is -2.22. The molecule has 0 spiro atoms. The molecular weight excluding hydrogens is 319 g/mol. The van der Waals surface area contributed by atoms with E-state index in [1.165, 1.54) is 5.56 Å². The van der Waals surface area contributed by atoms with E-state index in [4.69, 9.17) is 4.74 Å². The van der Waals surface area contributed by atoms with Crippen molar-refractivity contribution in [1.82, 2.24) is 9.97 Å². The van der Waals surface area contributed by atoms with Gasteiger partial charge in [0, 0.05) is 18.4 Å². The van der Waals surface area contributed by atoms with Crippen LogP contribution in [0.5, 0.6) is 5.88 Å². The smallest absolute Gasteiger partial charge is 0.423 e. The molecule has 1 aromatic carbocycles. The third-order valence-corrected chi connectivity index (χ3v) is 3.58. The normalized spacial score (nSPS) is 11.4. The van der Waals surface area contributed by atoms with Gasteiger partial charge in [-0.05, 0) is 31.0 Å². The minimum absolute atomic E-state index is 0.172. The van der Waals surface area contributed by atoms with E-state index in [-0.39, 0.29) is 5.95 Å². The highest BCUT2D eigenvalue weighted by molar-refractivity contribution is 5.58. The summed E-state index contributed by atoms with van der Waals surface area (Å²) in [6.45, 7) is 4.50. The summed E-state index contributed by atoms with van der Waals surface area (Å²) in [7, 11) is 1.16.